The van der Waals surface area contributed by atoms with Crippen molar-refractivity contribution in [3.8, 4) is 6.07 Å². The Morgan fingerprint density at radius 1 is 1.52 bits per heavy atom. The molecule has 0 fully saturated rings. The highest BCUT2D eigenvalue weighted by atomic mass is 16.6. The molecule has 2 N–H and O–H groups in total. The summed E-state index contributed by atoms with van der Waals surface area (Å²) < 4.78 is 0. The molecule has 0 aliphatic rings. The summed E-state index contributed by atoms with van der Waals surface area (Å²) in [6.07, 6.45) is 0.257. The van der Waals surface area contributed by atoms with Gasteiger partial charge in [-0.25, -0.2) is 4.98 Å². The van der Waals surface area contributed by atoms with Gasteiger partial charge in [-0.3, -0.25) is 14.9 Å². The molecule has 8 nitrogen and oxygen atoms in total. The van der Waals surface area contributed by atoms with E-state index in [-0.39, 0.29) is 23.7 Å². The molecule has 112 valence electrons. The SMILES string of the molecule is CC(C)CNC(=O)CCNc1ccc([N+](=O)[O-])c(C#N)n1. The van der Waals surface area contributed by atoms with Crippen LogP contribution in [0.1, 0.15) is 26.0 Å². The Bertz CT molecular complexity index is 565. The Morgan fingerprint density at radius 3 is 2.81 bits per heavy atom. The van der Waals surface area contributed by atoms with Crippen LogP contribution in [-0.2, 0) is 4.79 Å². The zero-order valence-corrected chi connectivity index (χ0v) is 11.9. The first kappa shape index (κ1) is 16.4. The van der Waals surface area contributed by atoms with Crippen LogP contribution in [0.15, 0.2) is 12.1 Å². The van der Waals surface area contributed by atoms with Crippen molar-refractivity contribution in [3.05, 3.63) is 27.9 Å². The molecule has 0 saturated carbocycles. The highest BCUT2D eigenvalue weighted by Gasteiger charge is 2.15. The van der Waals surface area contributed by atoms with Crippen LogP contribution in [-0.4, -0.2) is 28.9 Å². The lowest BCUT2D eigenvalue weighted by molar-refractivity contribution is -0.385. The third kappa shape index (κ3) is 5.44. The van der Waals surface area contributed by atoms with Crippen molar-refractivity contribution in [2.75, 3.05) is 18.4 Å². The molecule has 1 aromatic heterocycles. The normalized spacial score (nSPS) is 10.0. The number of rotatable bonds is 7. The first-order valence-electron chi connectivity index (χ1n) is 6.50. The first-order valence-corrected chi connectivity index (χ1v) is 6.50. The van der Waals surface area contributed by atoms with Crippen molar-refractivity contribution >= 4 is 17.4 Å². The Morgan fingerprint density at radius 2 is 2.24 bits per heavy atom. The number of amides is 1. The number of carbonyl (C=O) groups excluding carboxylic acids is 1. The number of nitriles is 1. The zero-order valence-electron chi connectivity index (χ0n) is 11.9. The van der Waals surface area contributed by atoms with Gasteiger partial charge in [-0.2, -0.15) is 5.26 Å². The van der Waals surface area contributed by atoms with Gasteiger partial charge in [0.05, 0.1) is 4.92 Å². The molecular formula is C13H17N5O3. The molecule has 1 rings (SSSR count). The molecule has 0 radical (unpaired) electrons. The van der Waals surface area contributed by atoms with Crippen molar-refractivity contribution in [1.29, 1.82) is 5.26 Å². The lowest BCUT2D eigenvalue weighted by Gasteiger charge is -2.08. The fraction of sp³-hybridized carbons (Fsp3) is 0.462. The number of hydrogen-bond acceptors (Lipinski definition) is 6. The van der Waals surface area contributed by atoms with Crippen LogP contribution in [0.25, 0.3) is 0 Å². The number of nitrogens with zero attached hydrogens (tertiary/aromatic N) is 3. The summed E-state index contributed by atoms with van der Waals surface area (Å²) in [6, 6.07) is 4.30. The van der Waals surface area contributed by atoms with Gasteiger partial charge in [0, 0.05) is 25.6 Å². The number of carbonyl (C=O) groups is 1. The summed E-state index contributed by atoms with van der Waals surface area (Å²) in [5.41, 5.74) is -0.591. The third-order valence-corrected chi connectivity index (χ3v) is 2.54. The second kappa shape index (κ2) is 7.79. The van der Waals surface area contributed by atoms with Gasteiger partial charge in [0.2, 0.25) is 11.6 Å². The van der Waals surface area contributed by atoms with E-state index in [2.05, 4.69) is 15.6 Å². The largest absolute Gasteiger partial charge is 0.370 e. The second-order valence-electron chi connectivity index (χ2n) is 4.81. The minimum atomic E-state index is -0.658. The maximum Gasteiger partial charge on any atom is 0.305 e. The molecular weight excluding hydrogens is 274 g/mol. The van der Waals surface area contributed by atoms with Crippen LogP contribution >= 0.6 is 0 Å². The van der Waals surface area contributed by atoms with Crippen LogP contribution in [0, 0.1) is 27.4 Å². The van der Waals surface area contributed by atoms with E-state index in [1.54, 1.807) is 6.07 Å². The highest BCUT2D eigenvalue weighted by Crippen LogP contribution is 2.17. The number of anilines is 1. The summed E-state index contributed by atoms with van der Waals surface area (Å²) in [5.74, 6) is 0.629. The van der Waals surface area contributed by atoms with Gasteiger partial charge in [-0.15, -0.1) is 0 Å². The fourth-order valence-electron chi connectivity index (χ4n) is 1.49. The van der Waals surface area contributed by atoms with E-state index in [1.807, 2.05) is 13.8 Å². The highest BCUT2D eigenvalue weighted by molar-refractivity contribution is 5.76. The summed E-state index contributed by atoms with van der Waals surface area (Å²) >= 11 is 0. The zero-order chi connectivity index (χ0) is 15.8. The molecule has 0 bridgehead atoms. The summed E-state index contributed by atoms with van der Waals surface area (Å²) in [7, 11) is 0. The molecule has 0 saturated heterocycles. The minimum Gasteiger partial charge on any atom is -0.370 e. The standard InChI is InChI=1S/C13H17N5O3/c1-9(2)8-16-13(19)5-6-15-12-4-3-11(18(20)21)10(7-14)17-12/h3-4,9H,5-6,8H2,1-2H3,(H,15,17)(H,16,19). The predicted molar refractivity (Wildman–Crippen MR) is 76.6 cm³/mol. The fourth-order valence-corrected chi connectivity index (χ4v) is 1.49. The van der Waals surface area contributed by atoms with Gasteiger partial charge >= 0.3 is 5.69 Å². The van der Waals surface area contributed by atoms with Crippen LogP contribution in [0.2, 0.25) is 0 Å². The Kier molecular flexibility index (Phi) is 6.07. The predicted octanol–water partition coefficient (Wildman–Crippen LogP) is 1.44. The Hall–Kier alpha value is -2.69. The maximum absolute atomic E-state index is 11.5. The monoisotopic (exact) mass is 291 g/mol. The van der Waals surface area contributed by atoms with Crippen molar-refractivity contribution in [3.63, 3.8) is 0 Å². The molecule has 0 unspecified atom stereocenters. The first-order chi connectivity index (χ1) is 9.93. The molecule has 0 aromatic carbocycles. The van der Waals surface area contributed by atoms with Crippen molar-refractivity contribution in [2.24, 2.45) is 5.92 Å². The molecule has 1 aromatic rings. The average Bonchev–Trinajstić information content (AvgIpc) is 2.44. The number of hydrogen-bond donors (Lipinski definition) is 2. The smallest absolute Gasteiger partial charge is 0.305 e. The van der Waals surface area contributed by atoms with Gasteiger partial charge < -0.3 is 10.6 Å². The van der Waals surface area contributed by atoms with E-state index in [0.29, 0.717) is 24.8 Å². The quantitative estimate of drug-likeness (QED) is 0.579. The van der Waals surface area contributed by atoms with Gasteiger partial charge in [-0.05, 0) is 12.0 Å². The van der Waals surface area contributed by atoms with E-state index in [4.69, 9.17) is 5.26 Å². The summed E-state index contributed by atoms with van der Waals surface area (Å²) in [5, 5.41) is 25.1. The molecule has 0 aliphatic heterocycles. The van der Waals surface area contributed by atoms with Gasteiger partial charge in [0.15, 0.2) is 0 Å². The number of pyridine rings is 1. The Labute approximate surface area is 122 Å². The number of nitrogens with one attached hydrogen (secondary N) is 2. The lowest BCUT2D eigenvalue weighted by atomic mass is 10.2. The van der Waals surface area contributed by atoms with Crippen LogP contribution in [0.4, 0.5) is 11.5 Å². The van der Waals surface area contributed by atoms with Gasteiger partial charge in [0.25, 0.3) is 0 Å². The van der Waals surface area contributed by atoms with E-state index in [1.165, 1.54) is 12.1 Å². The van der Waals surface area contributed by atoms with Crippen molar-refractivity contribution in [2.45, 2.75) is 20.3 Å². The molecule has 0 atom stereocenters. The molecule has 1 heterocycles. The van der Waals surface area contributed by atoms with Crippen molar-refractivity contribution < 1.29 is 9.72 Å². The van der Waals surface area contributed by atoms with E-state index in [9.17, 15) is 14.9 Å². The minimum absolute atomic E-state index is 0.0846. The number of nitro groups is 1. The molecule has 0 spiro atoms. The van der Waals surface area contributed by atoms with Gasteiger partial charge in [0.1, 0.15) is 11.9 Å². The van der Waals surface area contributed by atoms with E-state index < -0.39 is 4.92 Å². The maximum atomic E-state index is 11.5. The van der Waals surface area contributed by atoms with Crippen LogP contribution < -0.4 is 10.6 Å². The van der Waals surface area contributed by atoms with Crippen LogP contribution in [0.3, 0.4) is 0 Å². The van der Waals surface area contributed by atoms with E-state index >= 15 is 0 Å². The Balaban J connectivity index is 2.51. The number of aromatic nitrogens is 1. The summed E-state index contributed by atoms with van der Waals surface area (Å²) in [4.78, 5) is 25.3. The van der Waals surface area contributed by atoms with Crippen LogP contribution in [0.5, 0.6) is 0 Å². The average molecular weight is 291 g/mol. The molecule has 1 amide bonds. The lowest BCUT2D eigenvalue weighted by Crippen LogP contribution is -2.28. The van der Waals surface area contributed by atoms with Gasteiger partial charge in [-0.1, -0.05) is 13.8 Å². The van der Waals surface area contributed by atoms with Crippen molar-refractivity contribution in [1.82, 2.24) is 10.3 Å². The topological polar surface area (TPSA) is 121 Å². The summed E-state index contributed by atoms with van der Waals surface area (Å²) in [6.45, 7) is 4.96. The molecule has 8 heteroatoms. The molecule has 0 aliphatic carbocycles. The third-order valence-electron chi connectivity index (χ3n) is 2.54. The molecule has 21 heavy (non-hydrogen) atoms. The van der Waals surface area contributed by atoms with E-state index in [0.717, 1.165) is 0 Å². The second-order valence-corrected chi connectivity index (χ2v) is 4.81.